The van der Waals surface area contributed by atoms with Crippen LogP contribution in [0.1, 0.15) is 57.9 Å². The van der Waals surface area contributed by atoms with Gasteiger partial charge in [0.2, 0.25) is 11.0 Å². The van der Waals surface area contributed by atoms with Gasteiger partial charge >= 0.3 is 0 Å². The summed E-state index contributed by atoms with van der Waals surface area (Å²) in [6, 6.07) is -0.495. The summed E-state index contributed by atoms with van der Waals surface area (Å²) in [5, 5.41) is 12.5. The van der Waals surface area contributed by atoms with Gasteiger partial charge in [-0.05, 0) is 18.8 Å². The van der Waals surface area contributed by atoms with Gasteiger partial charge in [0.15, 0.2) is 0 Å². The summed E-state index contributed by atoms with van der Waals surface area (Å²) in [6.07, 6.45) is 2.95. The van der Waals surface area contributed by atoms with E-state index >= 15 is 0 Å². The molecule has 1 aromatic heterocycles. The van der Waals surface area contributed by atoms with Crippen LogP contribution in [-0.2, 0) is 4.79 Å². The van der Waals surface area contributed by atoms with E-state index in [1.54, 1.807) is 0 Å². The van der Waals surface area contributed by atoms with Crippen molar-refractivity contribution in [3.63, 3.8) is 0 Å². The summed E-state index contributed by atoms with van der Waals surface area (Å²) in [7, 11) is 0. The van der Waals surface area contributed by atoms with Gasteiger partial charge in [0, 0.05) is 5.92 Å². The Bertz CT molecular complexity index is 409. The van der Waals surface area contributed by atoms with E-state index in [0.717, 1.165) is 24.3 Å². The number of nitrogens with two attached hydrogens (primary N) is 1. The highest BCUT2D eigenvalue weighted by Gasteiger charge is 2.21. The average molecular weight is 321 g/mol. The Labute approximate surface area is 131 Å². The van der Waals surface area contributed by atoms with Crippen molar-refractivity contribution in [3.05, 3.63) is 5.01 Å². The van der Waals surface area contributed by atoms with Crippen molar-refractivity contribution in [3.8, 4) is 0 Å². The molecular formula is C13H25ClN4OS. The van der Waals surface area contributed by atoms with Gasteiger partial charge in [-0.15, -0.1) is 22.6 Å². The molecule has 0 fully saturated rings. The first-order chi connectivity index (χ1) is 9.03. The Morgan fingerprint density at radius 1 is 1.25 bits per heavy atom. The number of amides is 1. The minimum atomic E-state index is -0.495. The molecule has 0 aliphatic carbocycles. The largest absolute Gasteiger partial charge is 0.320 e. The van der Waals surface area contributed by atoms with Crippen LogP contribution in [0.4, 0.5) is 5.13 Å². The lowest BCUT2D eigenvalue weighted by Crippen LogP contribution is -2.40. The molecule has 0 spiro atoms. The lowest BCUT2D eigenvalue weighted by molar-refractivity contribution is -0.118. The van der Waals surface area contributed by atoms with Gasteiger partial charge in [0.1, 0.15) is 5.01 Å². The van der Waals surface area contributed by atoms with Gasteiger partial charge < -0.3 is 5.73 Å². The highest BCUT2D eigenvalue weighted by Crippen LogP contribution is 2.28. The van der Waals surface area contributed by atoms with Crippen LogP contribution in [0.3, 0.4) is 0 Å². The number of nitrogens with one attached hydrogen (secondary N) is 1. The molecule has 1 heterocycles. The molecule has 0 radical (unpaired) electrons. The number of hydrogen-bond acceptors (Lipinski definition) is 5. The van der Waals surface area contributed by atoms with Gasteiger partial charge in [0.05, 0.1) is 6.04 Å². The molecule has 1 amide bonds. The monoisotopic (exact) mass is 320 g/mol. The van der Waals surface area contributed by atoms with Gasteiger partial charge in [-0.3, -0.25) is 10.1 Å². The molecule has 2 unspecified atom stereocenters. The molecule has 2 atom stereocenters. The minimum absolute atomic E-state index is 0. The Kier molecular flexibility index (Phi) is 8.93. The second-order valence-corrected chi connectivity index (χ2v) is 5.87. The maximum Gasteiger partial charge on any atom is 0.243 e. The van der Waals surface area contributed by atoms with Crippen molar-refractivity contribution < 1.29 is 4.79 Å². The Hall–Kier alpha value is -0.720. The van der Waals surface area contributed by atoms with E-state index in [-0.39, 0.29) is 24.2 Å². The second kappa shape index (κ2) is 9.26. The molecule has 1 aromatic rings. The fraction of sp³-hybridized carbons (Fsp3) is 0.769. The first kappa shape index (κ1) is 19.3. The van der Waals surface area contributed by atoms with E-state index < -0.39 is 6.04 Å². The predicted molar refractivity (Wildman–Crippen MR) is 86.5 cm³/mol. The summed E-state index contributed by atoms with van der Waals surface area (Å²) in [4.78, 5) is 11.9. The standard InChI is InChI=1S/C13H24N4OS.ClH/c1-5-8(4)10(14)11(18)15-13-17-16-12(19-13)9(6-2)7-3;/h8-10H,5-7,14H2,1-4H3,(H,15,17,18);1H. The van der Waals surface area contributed by atoms with Gasteiger partial charge in [0.25, 0.3) is 0 Å². The minimum Gasteiger partial charge on any atom is -0.320 e. The van der Waals surface area contributed by atoms with Crippen LogP contribution in [0.2, 0.25) is 0 Å². The third-order valence-corrected chi connectivity index (χ3v) is 4.57. The number of rotatable bonds is 7. The van der Waals surface area contributed by atoms with E-state index in [2.05, 4.69) is 29.4 Å². The second-order valence-electron chi connectivity index (χ2n) is 4.86. The highest BCUT2D eigenvalue weighted by atomic mass is 35.5. The zero-order valence-corrected chi connectivity index (χ0v) is 14.2. The van der Waals surface area contributed by atoms with Crippen LogP contribution in [0.25, 0.3) is 0 Å². The molecule has 116 valence electrons. The lowest BCUT2D eigenvalue weighted by atomic mass is 10.00. The van der Waals surface area contributed by atoms with Crippen LogP contribution in [0.15, 0.2) is 0 Å². The van der Waals surface area contributed by atoms with Crippen LogP contribution in [0, 0.1) is 5.92 Å². The summed E-state index contributed by atoms with van der Waals surface area (Å²) in [5.74, 6) is 0.402. The van der Waals surface area contributed by atoms with E-state index in [4.69, 9.17) is 5.73 Å². The number of aromatic nitrogens is 2. The molecule has 5 nitrogen and oxygen atoms in total. The summed E-state index contributed by atoms with van der Waals surface area (Å²) >= 11 is 1.45. The molecule has 20 heavy (non-hydrogen) atoms. The lowest BCUT2D eigenvalue weighted by Gasteiger charge is -2.16. The van der Waals surface area contributed by atoms with Crippen LogP contribution < -0.4 is 11.1 Å². The topological polar surface area (TPSA) is 80.9 Å². The smallest absolute Gasteiger partial charge is 0.243 e. The molecule has 0 aromatic carbocycles. The Morgan fingerprint density at radius 2 is 1.85 bits per heavy atom. The third-order valence-electron chi connectivity index (χ3n) is 3.57. The van der Waals surface area contributed by atoms with Gasteiger partial charge in [-0.25, -0.2) is 0 Å². The van der Waals surface area contributed by atoms with Crippen molar-refractivity contribution >= 4 is 34.8 Å². The molecule has 0 aliphatic rings. The Balaban J connectivity index is 0.00000361. The van der Waals surface area contributed by atoms with E-state index in [9.17, 15) is 4.79 Å². The maximum absolute atomic E-state index is 11.9. The molecule has 1 rings (SSSR count). The summed E-state index contributed by atoms with van der Waals surface area (Å²) in [5.41, 5.74) is 5.88. The molecular weight excluding hydrogens is 296 g/mol. The van der Waals surface area contributed by atoms with E-state index in [0.29, 0.717) is 11.0 Å². The zero-order chi connectivity index (χ0) is 14.4. The molecule has 3 N–H and O–H groups in total. The molecule has 0 saturated heterocycles. The Morgan fingerprint density at radius 3 is 2.35 bits per heavy atom. The van der Waals surface area contributed by atoms with Crippen molar-refractivity contribution in [2.45, 2.75) is 58.9 Å². The number of nitrogens with zero attached hydrogens (tertiary/aromatic N) is 2. The maximum atomic E-state index is 11.9. The van der Waals surface area contributed by atoms with E-state index in [1.165, 1.54) is 11.3 Å². The summed E-state index contributed by atoms with van der Waals surface area (Å²) in [6.45, 7) is 8.26. The highest BCUT2D eigenvalue weighted by molar-refractivity contribution is 7.15. The predicted octanol–water partition coefficient (Wildman–Crippen LogP) is 3.18. The van der Waals surface area contributed by atoms with E-state index in [1.807, 2.05) is 13.8 Å². The molecule has 0 saturated carbocycles. The number of carbonyl (C=O) groups is 1. The number of hydrogen-bond donors (Lipinski definition) is 2. The molecule has 0 aliphatic heterocycles. The number of carbonyl (C=O) groups excluding carboxylic acids is 1. The van der Waals surface area contributed by atoms with Crippen LogP contribution >= 0.6 is 23.7 Å². The first-order valence-electron chi connectivity index (χ1n) is 6.93. The van der Waals surface area contributed by atoms with Crippen molar-refractivity contribution in [1.82, 2.24) is 10.2 Å². The van der Waals surface area contributed by atoms with Crippen molar-refractivity contribution in [1.29, 1.82) is 0 Å². The SMILES string of the molecule is CCC(CC)c1nnc(NC(=O)C(N)C(C)CC)s1.Cl. The number of halogens is 1. The quantitative estimate of drug-likeness (QED) is 0.808. The van der Waals surface area contributed by atoms with Crippen LogP contribution in [-0.4, -0.2) is 22.1 Å². The van der Waals surface area contributed by atoms with Gasteiger partial charge in [-0.2, -0.15) is 0 Å². The van der Waals surface area contributed by atoms with Gasteiger partial charge in [-0.1, -0.05) is 45.5 Å². The zero-order valence-electron chi connectivity index (χ0n) is 12.5. The number of anilines is 1. The summed E-state index contributed by atoms with van der Waals surface area (Å²) < 4.78 is 0. The fourth-order valence-corrected chi connectivity index (χ4v) is 2.80. The first-order valence-corrected chi connectivity index (χ1v) is 7.74. The van der Waals surface area contributed by atoms with Crippen LogP contribution in [0.5, 0.6) is 0 Å². The van der Waals surface area contributed by atoms with Crippen molar-refractivity contribution in [2.24, 2.45) is 11.7 Å². The molecule has 0 bridgehead atoms. The van der Waals surface area contributed by atoms with Crippen molar-refractivity contribution in [2.75, 3.05) is 5.32 Å². The average Bonchev–Trinajstić information content (AvgIpc) is 2.86. The fourth-order valence-electron chi connectivity index (χ4n) is 1.79. The molecule has 7 heteroatoms. The normalized spacial score (nSPS) is 13.7. The third kappa shape index (κ3) is 5.00.